The first kappa shape index (κ1) is 13.0. The summed E-state index contributed by atoms with van der Waals surface area (Å²) in [4.78, 5) is 3.89. The van der Waals surface area contributed by atoms with E-state index in [9.17, 15) is 13.2 Å². The third-order valence-corrected chi connectivity index (χ3v) is 2.51. The van der Waals surface area contributed by atoms with E-state index in [1.807, 2.05) is 6.07 Å². The first-order valence-corrected chi connectivity index (χ1v) is 5.20. The smallest absolute Gasteiger partial charge is 0.403 e. The quantitative estimate of drug-likeness (QED) is 0.613. The number of pyridine rings is 1. The van der Waals surface area contributed by atoms with Gasteiger partial charge in [0.25, 0.3) is 0 Å². The molecular weight excluding hydrogens is 336 g/mol. The van der Waals surface area contributed by atoms with Gasteiger partial charge in [0.1, 0.15) is 3.70 Å². The molecule has 0 fully saturated rings. The number of nitrogens with zero attached hydrogens (tertiary/aromatic N) is 2. The van der Waals surface area contributed by atoms with Gasteiger partial charge in [-0.05, 0) is 41.1 Å². The van der Waals surface area contributed by atoms with Gasteiger partial charge in [0.15, 0.2) is 5.75 Å². The van der Waals surface area contributed by atoms with Gasteiger partial charge < -0.3 is 4.74 Å². The lowest BCUT2D eigenvalue weighted by atomic mass is 10.1. The highest BCUT2D eigenvalue weighted by molar-refractivity contribution is 14.1. The highest BCUT2D eigenvalue weighted by Gasteiger charge is 2.32. The van der Waals surface area contributed by atoms with Crippen molar-refractivity contribution in [3.63, 3.8) is 0 Å². The SMILES string of the molecule is Cc1nc(I)c(OC(F)(F)F)cc1CC#N. The van der Waals surface area contributed by atoms with Gasteiger partial charge in [-0.25, -0.2) is 4.98 Å². The van der Waals surface area contributed by atoms with Crippen LogP contribution >= 0.6 is 22.6 Å². The van der Waals surface area contributed by atoms with Crippen molar-refractivity contribution in [1.29, 1.82) is 5.26 Å². The van der Waals surface area contributed by atoms with Crippen molar-refractivity contribution in [2.45, 2.75) is 19.7 Å². The Morgan fingerprint density at radius 1 is 1.56 bits per heavy atom. The van der Waals surface area contributed by atoms with E-state index >= 15 is 0 Å². The van der Waals surface area contributed by atoms with Crippen molar-refractivity contribution in [2.24, 2.45) is 0 Å². The van der Waals surface area contributed by atoms with Crippen LogP contribution in [0.4, 0.5) is 13.2 Å². The van der Waals surface area contributed by atoms with Gasteiger partial charge in [-0.1, -0.05) is 0 Å². The summed E-state index contributed by atoms with van der Waals surface area (Å²) in [5.74, 6) is -0.371. The Morgan fingerprint density at radius 2 is 2.19 bits per heavy atom. The Morgan fingerprint density at radius 3 is 2.69 bits per heavy atom. The van der Waals surface area contributed by atoms with Gasteiger partial charge in [-0.2, -0.15) is 5.26 Å². The van der Waals surface area contributed by atoms with Crippen LogP contribution in [0.15, 0.2) is 6.07 Å². The summed E-state index contributed by atoms with van der Waals surface area (Å²) in [5.41, 5.74) is 0.961. The summed E-state index contributed by atoms with van der Waals surface area (Å²) in [5, 5.41) is 8.49. The average Bonchev–Trinajstić information content (AvgIpc) is 2.11. The molecule has 1 heterocycles. The molecule has 0 spiro atoms. The lowest BCUT2D eigenvalue weighted by molar-refractivity contribution is -0.275. The Hall–Kier alpha value is -1.04. The number of hydrogen-bond donors (Lipinski definition) is 0. The Labute approximate surface area is 103 Å². The fourth-order valence-corrected chi connectivity index (χ4v) is 1.68. The van der Waals surface area contributed by atoms with Crippen LogP contribution in [-0.4, -0.2) is 11.3 Å². The topological polar surface area (TPSA) is 45.9 Å². The molecule has 1 rings (SSSR count). The van der Waals surface area contributed by atoms with E-state index in [1.165, 1.54) is 6.07 Å². The number of nitriles is 1. The van der Waals surface area contributed by atoms with Crippen molar-refractivity contribution in [3.8, 4) is 11.8 Å². The lowest BCUT2D eigenvalue weighted by Crippen LogP contribution is -2.18. The van der Waals surface area contributed by atoms with Crippen molar-refractivity contribution >= 4 is 22.6 Å². The van der Waals surface area contributed by atoms with Crippen LogP contribution in [0, 0.1) is 22.0 Å². The van der Waals surface area contributed by atoms with Crippen LogP contribution in [0.5, 0.6) is 5.75 Å². The van der Waals surface area contributed by atoms with Crippen molar-refractivity contribution in [3.05, 3.63) is 21.0 Å². The zero-order valence-corrected chi connectivity index (χ0v) is 10.3. The summed E-state index contributed by atoms with van der Waals surface area (Å²) < 4.78 is 40.0. The standard InChI is InChI=1S/C9H6F3IN2O/c1-5-6(2-3-14)4-7(8(13)15-5)16-9(10,11)12/h4H,2H2,1H3. The molecule has 7 heteroatoms. The number of alkyl halides is 3. The van der Waals surface area contributed by atoms with Crippen LogP contribution in [-0.2, 0) is 6.42 Å². The van der Waals surface area contributed by atoms with Gasteiger partial charge >= 0.3 is 6.36 Å². The van der Waals surface area contributed by atoms with Gasteiger partial charge in [0.05, 0.1) is 12.5 Å². The molecule has 0 amide bonds. The fraction of sp³-hybridized carbons (Fsp3) is 0.333. The summed E-state index contributed by atoms with van der Waals surface area (Å²) in [6.45, 7) is 1.63. The molecule has 0 saturated heterocycles. The molecular formula is C9H6F3IN2O. The lowest BCUT2D eigenvalue weighted by Gasteiger charge is -2.12. The minimum absolute atomic E-state index is 0.00394. The highest BCUT2D eigenvalue weighted by Crippen LogP contribution is 2.28. The van der Waals surface area contributed by atoms with Crippen molar-refractivity contribution in [1.82, 2.24) is 4.98 Å². The normalized spacial score (nSPS) is 11.0. The van der Waals surface area contributed by atoms with Crippen LogP contribution < -0.4 is 4.74 Å². The molecule has 0 unspecified atom stereocenters. The first-order valence-electron chi connectivity index (χ1n) is 4.12. The Balaban J connectivity index is 3.10. The number of halogens is 4. The molecule has 86 valence electrons. The molecule has 0 radical (unpaired) electrons. The van der Waals surface area contributed by atoms with Gasteiger partial charge in [0.2, 0.25) is 0 Å². The first-order chi connectivity index (χ1) is 7.33. The Bertz CT molecular complexity index is 440. The maximum atomic E-state index is 12.0. The molecule has 0 aliphatic carbocycles. The van der Waals surface area contributed by atoms with E-state index < -0.39 is 6.36 Å². The predicted molar refractivity (Wildman–Crippen MR) is 57.7 cm³/mol. The van der Waals surface area contributed by atoms with Crippen molar-refractivity contribution in [2.75, 3.05) is 0 Å². The minimum Gasteiger partial charge on any atom is -0.403 e. The van der Waals surface area contributed by atoms with E-state index in [0.29, 0.717) is 11.3 Å². The predicted octanol–water partition coefficient (Wildman–Crippen LogP) is 2.96. The molecule has 0 bridgehead atoms. The largest absolute Gasteiger partial charge is 0.573 e. The molecule has 0 aliphatic heterocycles. The Kier molecular flexibility index (Phi) is 3.96. The number of rotatable bonds is 2. The third kappa shape index (κ3) is 3.52. The van der Waals surface area contributed by atoms with Crippen LogP contribution in [0.25, 0.3) is 0 Å². The molecule has 1 aromatic heterocycles. The van der Waals surface area contributed by atoms with E-state index in [4.69, 9.17) is 5.26 Å². The van der Waals surface area contributed by atoms with Gasteiger partial charge in [-0.3, -0.25) is 0 Å². The second-order valence-electron chi connectivity index (χ2n) is 2.90. The van der Waals surface area contributed by atoms with Crippen LogP contribution in [0.1, 0.15) is 11.3 Å². The zero-order valence-electron chi connectivity index (χ0n) is 8.10. The average molecular weight is 342 g/mol. The summed E-state index contributed by atoms with van der Waals surface area (Å²) in [7, 11) is 0. The molecule has 0 aliphatic rings. The molecule has 1 aromatic rings. The molecule has 0 atom stereocenters. The van der Waals surface area contributed by atoms with E-state index in [1.54, 1.807) is 29.5 Å². The van der Waals surface area contributed by atoms with Crippen LogP contribution in [0.3, 0.4) is 0 Å². The second-order valence-corrected chi connectivity index (χ2v) is 3.93. The second kappa shape index (κ2) is 4.86. The minimum atomic E-state index is -4.75. The zero-order chi connectivity index (χ0) is 12.3. The van der Waals surface area contributed by atoms with E-state index in [-0.39, 0.29) is 15.9 Å². The number of hydrogen-bond acceptors (Lipinski definition) is 3. The van der Waals surface area contributed by atoms with Gasteiger partial charge in [0, 0.05) is 5.69 Å². The summed E-state index contributed by atoms with van der Waals surface area (Å²) in [6.07, 6.45) is -4.75. The summed E-state index contributed by atoms with van der Waals surface area (Å²) in [6, 6.07) is 3.05. The van der Waals surface area contributed by atoms with Crippen molar-refractivity contribution < 1.29 is 17.9 Å². The van der Waals surface area contributed by atoms with E-state index in [2.05, 4.69) is 9.72 Å². The maximum Gasteiger partial charge on any atom is 0.573 e. The summed E-state index contributed by atoms with van der Waals surface area (Å²) >= 11 is 1.65. The maximum absolute atomic E-state index is 12.0. The van der Waals surface area contributed by atoms with E-state index in [0.717, 1.165) is 0 Å². The monoisotopic (exact) mass is 342 g/mol. The van der Waals surface area contributed by atoms with Gasteiger partial charge in [-0.15, -0.1) is 13.2 Å². The molecule has 16 heavy (non-hydrogen) atoms. The number of aromatic nitrogens is 1. The fourth-order valence-electron chi connectivity index (χ4n) is 1.06. The molecule has 0 N–H and O–H groups in total. The number of ether oxygens (including phenoxy) is 1. The molecule has 0 aromatic carbocycles. The number of aryl methyl sites for hydroxylation is 1. The molecule has 3 nitrogen and oxygen atoms in total. The molecule has 0 saturated carbocycles. The van der Waals surface area contributed by atoms with Crippen LogP contribution in [0.2, 0.25) is 0 Å². The third-order valence-electron chi connectivity index (χ3n) is 1.73. The highest BCUT2D eigenvalue weighted by atomic mass is 127.